The van der Waals surface area contributed by atoms with Gasteiger partial charge in [-0.2, -0.15) is 0 Å². The summed E-state index contributed by atoms with van der Waals surface area (Å²) in [5.41, 5.74) is 8.98. The van der Waals surface area contributed by atoms with Crippen molar-refractivity contribution in [3.63, 3.8) is 0 Å². The number of nitrogen functional groups attached to an aromatic ring is 1. The van der Waals surface area contributed by atoms with E-state index in [1.807, 2.05) is 19.9 Å². The van der Waals surface area contributed by atoms with E-state index in [0.717, 1.165) is 11.1 Å². The molecule has 4 nitrogen and oxygen atoms in total. The van der Waals surface area contributed by atoms with Gasteiger partial charge in [-0.25, -0.2) is 0 Å². The molecule has 2 aromatic rings. The molecule has 0 bridgehead atoms. The molecule has 0 unspecified atom stereocenters. The van der Waals surface area contributed by atoms with Crippen LogP contribution in [0.1, 0.15) is 21.5 Å². The largest absolute Gasteiger partial charge is 0.507 e. The molecule has 0 aliphatic heterocycles. The van der Waals surface area contributed by atoms with Crippen molar-refractivity contribution in [2.45, 2.75) is 13.8 Å². The van der Waals surface area contributed by atoms with E-state index in [-0.39, 0.29) is 11.3 Å². The van der Waals surface area contributed by atoms with Gasteiger partial charge < -0.3 is 16.2 Å². The van der Waals surface area contributed by atoms with E-state index in [9.17, 15) is 9.90 Å². The molecule has 104 valence electrons. The van der Waals surface area contributed by atoms with Crippen molar-refractivity contribution in [2.75, 3.05) is 11.1 Å². The number of carbonyl (C=O) groups excluding carboxylic acids is 1. The quantitative estimate of drug-likeness (QED) is 0.734. The Bertz CT molecular complexity index is 661. The van der Waals surface area contributed by atoms with Crippen LogP contribution in [0.2, 0.25) is 0 Å². The third-order valence-electron chi connectivity index (χ3n) is 2.90. The topological polar surface area (TPSA) is 75.3 Å². The van der Waals surface area contributed by atoms with Gasteiger partial charge in [0, 0.05) is 4.47 Å². The molecule has 0 saturated carbocycles. The second-order valence-corrected chi connectivity index (χ2v) is 5.54. The van der Waals surface area contributed by atoms with Gasteiger partial charge in [-0.3, -0.25) is 4.79 Å². The number of phenolic OH excluding ortho intramolecular Hbond substituents is 1. The number of hydrogen-bond acceptors (Lipinski definition) is 3. The standard InChI is InChI=1S/C15H15BrN2O2/c1-8-3-4-13(19)10(5-8)15(20)18-14-11(16)6-9(2)7-12(14)17/h3-7,19H,17H2,1-2H3,(H,18,20). The van der Waals surface area contributed by atoms with Gasteiger partial charge >= 0.3 is 0 Å². The second-order valence-electron chi connectivity index (χ2n) is 4.69. The summed E-state index contributed by atoms with van der Waals surface area (Å²) in [6, 6.07) is 8.50. The minimum Gasteiger partial charge on any atom is -0.507 e. The number of rotatable bonds is 2. The Morgan fingerprint density at radius 2 is 1.90 bits per heavy atom. The number of anilines is 2. The summed E-state index contributed by atoms with van der Waals surface area (Å²) in [6.45, 7) is 3.77. The molecule has 20 heavy (non-hydrogen) atoms. The molecule has 2 aromatic carbocycles. The summed E-state index contributed by atoms with van der Waals surface area (Å²) in [5, 5.41) is 12.5. The molecule has 0 saturated heterocycles. The first-order chi connectivity index (χ1) is 9.38. The highest BCUT2D eigenvalue weighted by atomic mass is 79.9. The number of nitrogens with one attached hydrogen (secondary N) is 1. The zero-order valence-electron chi connectivity index (χ0n) is 11.2. The maximum atomic E-state index is 12.2. The lowest BCUT2D eigenvalue weighted by molar-refractivity contribution is 0.102. The van der Waals surface area contributed by atoms with Crippen molar-refractivity contribution < 1.29 is 9.90 Å². The Morgan fingerprint density at radius 1 is 1.20 bits per heavy atom. The normalized spacial score (nSPS) is 10.3. The summed E-state index contributed by atoms with van der Waals surface area (Å²) in [7, 11) is 0. The van der Waals surface area contributed by atoms with Crippen molar-refractivity contribution in [3.05, 3.63) is 51.5 Å². The van der Waals surface area contributed by atoms with Crippen LogP contribution in [0.4, 0.5) is 11.4 Å². The van der Waals surface area contributed by atoms with Crippen LogP contribution in [0.3, 0.4) is 0 Å². The molecule has 0 fully saturated rings. The van der Waals surface area contributed by atoms with Crippen molar-refractivity contribution in [1.82, 2.24) is 0 Å². The van der Waals surface area contributed by atoms with Crippen molar-refractivity contribution >= 4 is 33.2 Å². The summed E-state index contributed by atoms with van der Waals surface area (Å²) in [4.78, 5) is 12.2. The summed E-state index contributed by atoms with van der Waals surface area (Å²) < 4.78 is 0.704. The zero-order chi connectivity index (χ0) is 14.9. The average Bonchev–Trinajstić information content (AvgIpc) is 2.36. The third-order valence-corrected chi connectivity index (χ3v) is 3.53. The maximum absolute atomic E-state index is 12.2. The van der Waals surface area contributed by atoms with Crippen LogP contribution in [0.25, 0.3) is 0 Å². The number of hydrogen-bond donors (Lipinski definition) is 3. The number of halogens is 1. The van der Waals surface area contributed by atoms with Gasteiger partial charge in [0.25, 0.3) is 5.91 Å². The molecule has 0 aromatic heterocycles. The molecule has 0 aliphatic rings. The van der Waals surface area contributed by atoms with Crippen molar-refractivity contribution in [3.8, 4) is 5.75 Å². The minimum atomic E-state index is -0.401. The molecule has 0 spiro atoms. The first-order valence-electron chi connectivity index (χ1n) is 6.05. The predicted octanol–water partition coefficient (Wildman–Crippen LogP) is 3.61. The van der Waals surface area contributed by atoms with Crippen LogP contribution < -0.4 is 11.1 Å². The van der Waals surface area contributed by atoms with Gasteiger partial charge in [0.1, 0.15) is 5.75 Å². The fraction of sp³-hybridized carbons (Fsp3) is 0.133. The van der Waals surface area contributed by atoms with Crippen LogP contribution in [-0.4, -0.2) is 11.0 Å². The number of aromatic hydroxyl groups is 1. The van der Waals surface area contributed by atoms with Crippen LogP contribution in [0.5, 0.6) is 5.75 Å². The summed E-state index contributed by atoms with van der Waals surface area (Å²) in [5.74, 6) is -0.461. The molecule has 1 amide bonds. The van der Waals surface area contributed by atoms with Crippen LogP contribution in [0.15, 0.2) is 34.8 Å². The lowest BCUT2D eigenvalue weighted by Crippen LogP contribution is -2.14. The maximum Gasteiger partial charge on any atom is 0.259 e. The fourth-order valence-electron chi connectivity index (χ4n) is 1.91. The molecule has 4 N–H and O–H groups in total. The first-order valence-corrected chi connectivity index (χ1v) is 6.84. The number of amides is 1. The molecule has 2 rings (SSSR count). The predicted molar refractivity (Wildman–Crippen MR) is 84.1 cm³/mol. The molecule has 0 heterocycles. The number of nitrogens with two attached hydrogens (primary N) is 1. The Labute approximate surface area is 125 Å². The Kier molecular flexibility index (Phi) is 3.99. The average molecular weight is 335 g/mol. The highest BCUT2D eigenvalue weighted by Crippen LogP contribution is 2.31. The number of phenols is 1. The molecule has 5 heteroatoms. The summed E-state index contributed by atoms with van der Waals surface area (Å²) >= 11 is 3.37. The van der Waals surface area contributed by atoms with E-state index in [1.54, 1.807) is 18.2 Å². The van der Waals surface area contributed by atoms with E-state index in [0.29, 0.717) is 15.8 Å². The highest BCUT2D eigenvalue weighted by molar-refractivity contribution is 9.10. The van der Waals surface area contributed by atoms with E-state index in [2.05, 4.69) is 21.2 Å². The molecule has 0 radical (unpaired) electrons. The molecule has 0 atom stereocenters. The van der Waals surface area contributed by atoms with Crippen molar-refractivity contribution in [1.29, 1.82) is 0 Å². The molecular weight excluding hydrogens is 320 g/mol. The monoisotopic (exact) mass is 334 g/mol. The lowest BCUT2D eigenvalue weighted by Gasteiger charge is -2.12. The Morgan fingerprint density at radius 3 is 2.55 bits per heavy atom. The third kappa shape index (κ3) is 2.93. The van der Waals surface area contributed by atoms with Gasteiger partial charge in [0.2, 0.25) is 0 Å². The zero-order valence-corrected chi connectivity index (χ0v) is 12.8. The smallest absolute Gasteiger partial charge is 0.259 e. The van der Waals surface area contributed by atoms with Gasteiger partial charge in [0.05, 0.1) is 16.9 Å². The van der Waals surface area contributed by atoms with E-state index < -0.39 is 5.91 Å². The first kappa shape index (κ1) is 14.4. The second kappa shape index (κ2) is 5.54. The number of aryl methyl sites for hydroxylation is 2. The van der Waals surface area contributed by atoms with Gasteiger partial charge in [-0.05, 0) is 59.6 Å². The van der Waals surface area contributed by atoms with Crippen LogP contribution in [-0.2, 0) is 0 Å². The SMILES string of the molecule is Cc1cc(N)c(NC(=O)c2cc(C)ccc2O)c(Br)c1. The van der Waals surface area contributed by atoms with E-state index >= 15 is 0 Å². The van der Waals surface area contributed by atoms with Gasteiger partial charge in [0.15, 0.2) is 0 Å². The lowest BCUT2D eigenvalue weighted by atomic mass is 10.1. The van der Waals surface area contributed by atoms with Gasteiger partial charge in [-0.15, -0.1) is 0 Å². The molecular formula is C15H15BrN2O2. The van der Waals surface area contributed by atoms with E-state index in [1.165, 1.54) is 6.07 Å². The van der Waals surface area contributed by atoms with E-state index in [4.69, 9.17) is 5.73 Å². The fourth-order valence-corrected chi connectivity index (χ4v) is 2.60. The molecule has 0 aliphatic carbocycles. The highest BCUT2D eigenvalue weighted by Gasteiger charge is 2.14. The van der Waals surface area contributed by atoms with Gasteiger partial charge in [-0.1, -0.05) is 11.6 Å². The van der Waals surface area contributed by atoms with Crippen molar-refractivity contribution in [2.24, 2.45) is 0 Å². The Hall–Kier alpha value is -2.01. The minimum absolute atomic E-state index is 0.0603. The number of carbonyl (C=O) groups is 1. The summed E-state index contributed by atoms with van der Waals surface area (Å²) in [6.07, 6.45) is 0. The van der Waals surface area contributed by atoms with Crippen LogP contribution >= 0.6 is 15.9 Å². The number of benzene rings is 2. The Balaban J connectivity index is 2.35. The van der Waals surface area contributed by atoms with Crippen LogP contribution in [0, 0.1) is 13.8 Å².